The Morgan fingerprint density at radius 3 is 2.82 bits per heavy atom. The highest BCUT2D eigenvalue weighted by molar-refractivity contribution is 8.05. The fourth-order valence-electron chi connectivity index (χ4n) is 2.78. The molecule has 2 bridgehead atoms. The highest BCUT2D eigenvalue weighted by Gasteiger charge is 2.48. The van der Waals surface area contributed by atoms with Gasteiger partial charge in [0.2, 0.25) is 0 Å². The third kappa shape index (κ3) is 1.06. The van der Waals surface area contributed by atoms with Crippen molar-refractivity contribution in [3.05, 3.63) is 0 Å². The number of hydrogen-bond acceptors (Lipinski definition) is 2. The molecule has 0 N–H and O–H groups in total. The molecule has 0 saturated heterocycles. The molecular weight excluding hydrogens is 154 g/mol. The average molecular weight is 167 g/mol. The quantitative estimate of drug-likeness (QED) is 0.561. The summed E-state index contributed by atoms with van der Waals surface area (Å²) >= 11 is 1.51. The molecule has 0 aromatic rings. The summed E-state index contributed by atoms with van der Waals surface area (Å²) in [6.07, 6.45) is 5.48. The number of fused-ring (bicyclic) bond motifs is 2. The molecule has 0 aromatic heterocycles. The number of rotatable bonds is 1. The van der Waals surface area contributed by atoms with Crippen LogP contribution in [0.15, 0.2) is 0 Å². The first-order valence-corrected chi connectivity index (χ1v) is 5.13. The fraction of sp³-hybridized carbons (Fsp3) is 0.889. The van der Waals surface area contributed by atoms with E-state index in [1.807, 2.05) is 0 Å². The van der Waals surface area contributed by atoms with Crippen LogP contribution < -0.4 is 0 Å². The summed E-state index contributed by atoms with van der Waals surface area (Å²) in [5.74, 6) is 1.79. The number of thiocyanates is 1. The van der Waals surface area contributed by atoms with Crippen LogP contribution in [0.25, 0.3) is 0 Å². The van der Waals surface area contributed by atoms with Crippen LogP contribution in [0, 0.1) is 22.5 Å². The van der Waals surface area contributed by atoms with Crippen LogP contribution in [0.4, 0.5) is 0 Å². The lowest BCUT2D eigenvalue weighted by Crippen LogP contribution is -2.26. The van der Waals surface area contributed by atoms with Gasteiger partial charge in [-0.25, -0.2) is 0 Å². The van der Waals surface area contributed by atoms with E-state index in [4.69, 9.17) is 5.26 Å². The van der Waals surface area contributed by atoms with Crippen LogP contribution in [0.2, 0.25) is 0 Å². The summed E-state index contributed by atoms with van der Waals surface area (Å²) in [6.45, 7) is 2.27. The van der Waals surface area contributed by atoms with Crippen LogP contribution in [0.5, 0.6) is 0 Å². The van der Waals surface area contributed by atoms with Gasteiger partial charge in [0.15, 0.2) is 0 Å². The molecule has 0 radical (unpaired) electrons. The van der Waals surface area contributed by atoms with Crippen LogP contribution in [0.1, 0.15) is 32.6 Å². The summed E-state index contributed by atoms with van der Waals surface area (Å²) in [7, 11) is 0. The average Bonchev–Trinajstić information content (AvgIpc) is 2.45. The van der Waals surface area contributed by atoms with E-state index in [9.17, 15) is 0 Å². The molecule has 0 spiro atoms. The Balaban J connectivity index is 2.12. The van der Waals surface area contributed by atoms with Crippen molar-refractivity contribution < 1.29 is 0 Å². The molecule has 0 amide bonds. The smallest absolute Gasteiger partial charge is 0.133 e. The lowest BCUT2D eigenvalue weighted by molar-refractivity contribution is 0.399. The fourth-order valence-corrected chi connectivity index (χ4v) is 3.69. The second-order valence-electron chi connectivity index (χ2n) is 4.09. The molecular formula is C9H13NS. The molecule has 2 aliphatic rings. The number of hydrogen-bond donors (Lipinski definition) is 0. The number of nitrogens with zero attached hydrogens (tertiary/aromatic N) is 1. The molecule has 0 aromatic carbocycles. The highest BCUT2D eigenvalue weighted by atomic mass is 32.2. The minimum absolute atomic E-state index is 0.317. The summed E-state index contributed by atoms with van der Waals surface area (Å²) < 4.78 is 0.317. The molecule has 0 heterocycles. The molecule has 0 aliphatic heterocycles. The topological polar surface area (TPSA) is 23.8 Å². The van der Waals surface area contributed by atoms with Gasteiger partial charge in [-0.2, -0.15) is 5.26 Å². The SMILES string of the molecule is CC1(SC#N)CC2CCC1C2. The van der Waals surface area contributed by atoms with Gasteiger partial charge < -0.3 is 0 Å². The Morgan fingerprint density at radius 1 is 1.55 bits per heavy atom. The maximum atomic E-state index is 8.63. The molecule has 3 unspecified atom stereocenters. The lowest BCUT2D eigenvalue weighted by Gasteiger charge is -2.30. The standard InChI is InChI=1S/C9H13NS/c1-9(11-6-10)5-7-2-3-8(9)4-7/h7-8H,2-5H2,1H3. The predicted octanol–water partition coefficient (Wildman–Crippen LogP) is 2.78. The van der Waals surface area contributed by atoms with Gasteiger partial charge >= 0.3 is 0 Å². The first-order chi connectivity index (χ1) is 5.24. The minimum atomic E-state index is 0.317. The van der Waals surface area contributed by atoms with Gasteiger partial charge in [0.25, 0.3) is 0 Å². The van der Waals surface area contributed by atoms with Crippen molar-refractivity contribution in [2.45, 2.75) is 37.4 Å². The van der Waals surface area contributed by atoms with E-state index in [2.05, 4.69) is 12.3 Å². The van der Waals surface area contributed by atoms with Gasteiger partial charge in [-0.3, -0.25) is 0 Å². The first kappa shape index (κ1) is 7.49. The van der Waals surface area contributed by atoms with Crippen LogP contribution in [-0.4, -0.2) is 4.75 Å². The second kappa shape index (κ2) is 2.42. The molecule has 3 atom stereocenters. The van der Waals surface area contributed by atoms with Crippen LogP contribution in [0.3, 0.4) is 0 Å². The lowest BCUT2D eigenvalue weighted by atomic mass is 9.89. The molecule has 60 valence electrons. The van der Waals surface area contributed by atoms with Gasteiger partial charge in [-0.05, 0) is 49.8 Å². The largest absolute Gasteiger partial charge is 0.185 e. The zero-order valence-corrected chi connectivity index (χ0v) is 7.66. The summed E-state index contributed by atoms with van der Waals surface area (Å²) in [6, 6.07) is 0. The van der Waals surface area contributed by atoms with Crippen molar-refractivity contribution in [2.24, 2.45) is 11.8 Å². The minimum Gasteiger partial charge on any atom is -0.185 e. The summed E-state index contributed by atoms with van der Waals surface area (Å²) in [5, 5.41) is 10.9. The first-order valence-electron chi connectivity index (χ1n) is 4.32. The van der Waals surface area contributed by atoms with E-state index < -0.39 is 0 Å². The van der Waals surface area contributed by atoms with Gasteiger partial charge in [0.1, 0.15) is 5.40 Å². The van der Waals surface area contributed by atoms with Crippen LogP contribution in [-0.2, 0) is 0 Å². The van der Waals surface area contributed by atoms with Gasteiger partial charge in [0.05, 0.1) is 0 Å². The Kier molecular flexibility index (Phi) is 1.64. The van der Waals surface area contributed by atoms with Crippen molar-refractivity contribution in [1.82, 2.24) is 0 Å². The second-order valence-corrected chi connectivity index (χ2v) is 5.41. The van der Waals surface area contributed by atoms with Crippen molar-refractivity contribution in [3.63, 3.8) is 0 Å². The van der Waals surface area contributed by atoms with Gasteiger partial charge in [-0.1, -0.05) is 6.42 Å². The van der Waals surface area contributed by atoms with E-state index >= 15 is 0 Å². The summed E-state index contributed by atoms with van der Waals surface area (Å²) in [4.78, 5) is 0. The van der Waals surface area contributed by atoms with E-state index in [0.717, 1.165) is 11.8 Å². The molecule has 2 aliphatic carbocycles. The number of thioether (sulfide) groups is 1. The van der Waals surface area contributed by atoms with Crippen molar-refractivity contribution in [1.29, 1.82) is 5.26 Å². The molecule has 11 heavy (non-hydrogen) atoms. The number of nitriles is 1. The zero-order valence-electron chi connectivity index (χ0n) is 6.84. The van der Waals surface area contributed by atoms with E-state index in [1.54, 1.807) is 0 Å². The molecule has 1 nitrogen and oxygen atoms in total. The Morgan fingerprint density at radius 2 is 2.36 bits per heavy atom. The molecule has 2 fully saturated rings. The maximum Gasteiger partial charge on any atom is 0.133 e. The van der Waals surface area contributed by atoms with Gasteiger partial charge in [-0.15, -0.1) is 0 Å². The highest BCUT2D eigenvalue weighted by Crippen LogP contribution is 2.56. The Labute approximate surface area is 72.2 Å². The van der Waals surface area contributed by atoms with E-state index in [1.165, 1.54) is 37.4 Å². The third-order valence-corrected chi connectivity index (χ3v) is 4.44. The zero-order chi connectivity index (χ0) is 7.90. The maximum absolute atomic E-state index is 8.63. The Hall–Kier alpha value is -0.160. The predicted molar refractivity (Wildman–Crippen MR) is 47.1 cm³/mol. The van der Waals surface area contributed by atoms with Crippen molar-refractivity contribution in [3.8, 4) is 5.40 Å². The van der Waals surface area contributed by atoms with Crippen molar-refractivity contribution in [2.75, 3.05) is 0 Å². The molecule has 2 rings (SSSR count). The normalized spacial score (nSPS) is 47.6. The van der Waals surface area contributed by atoms with E-state index in [-0.39, 0.29) is 0 Å². The van der Waals surface area contributed by atoms with Crippen LogP contribution >= 0.6 is 11.8 Å². The monoisotopic (exact) mass is 167 g/mol. The van der Waals surface area contributed by atoms with Gasteiger partial charge in [0, 0.05) is 4.75 Å². The van der Waals surface area contributed by atoms with E-state index in [0.29, 0.717) is 4.75 Å². The molecule has 2 saturated carbocycles. The Bertz CT molecular complexity index is 208. The molecule has 2 heteroatoms. The summed E-state index contributed by atoms with van der Waals surface area (Å²) in [5.41, 5.74) is 0. The van der Waals surface area contributed by atoms with Crippen molar-refractivity contribution >= 4 is 11.8 Å². The third-order valence-electron chi connectivity index (χ3n) is 3.38.